The van der Waals surface area contributed by atoms with Crippen LogP contribution in [0.5, 0.6) is 17.2 Å². The van der Waals surface area contributed by atoms with Gasteiger partial charge >= 0.3 is 0 Å². The molecule has 1 aromatic heterocycles. The summed E-state index contributed by atoms with van der Waals surface area (Å²) in [6, 6.07) is 18.8. The van der Waals surface area contributed by atoms with E-state index in [1.54, 1.807) is 50.6 Å². The largest absolute Gasteiger partial charge is 0.497 e. The molecule has 0 aliphatic rings. The van der Waals surface area contributed by atoms with Crippen LogP contribution < -0.4 is 14.2 Å². The lowest BCUT2D eigenvalue weighted by atomic mass is 10.2. The van der Waals surface area contributed by atoms with Crippen molar-refractivity contribution in [3.63, 3.8) is 0 Å². The van der Waals surface area contributed by atoms with Crippen LogP contribution in [0.25, 0.3) is 22.8 Å². The highest BCUT2D eigenvalue weighted by Crippen LogP contribution is 2.33. The van der Waals surface area contributed by atoms with Crippen LogP contribution in [0.2, 0.25) is 0 Å². The van der Waals surface area contributed by atoms with Crippen molar-refractivity contribution in [2.24, 2.45) is 0 Å². The molecule has 0 bridgehead atoms. The summed E-state index contributed by atoms with van der Waals surface area (Å²) >= 11 is 0. The smallest absolute Gasteiger partial charge is 0.269 e. The summed E-state index contributed by atoms with van der Waals surface area (Å²) in [6.45, 7) is 0.266. The molecule has 0 aliphatic heterocycles. The Bertz CT molecular complexity index is 1240. The van der Waals surface area contributed by atoms with Crippen LogP contribution in [-0.2, 0) is 6.61 Å². The van der Waals surface area contributed by atoms with Gasteiger partial charge in [0.25, 0.3) is 11.6 Å². The lowest BCUT2D eigenvalue weighted by Crippen LogP contribution is -1.96. The van der Waals surface area contributed by atoms with Gasteiger partial charge in [-0.3, -0.25) is 10.1 Å². The highest BCUT2D eigenvalue weighted by atomic mass is 16.6. The average Bonchev–Trinajstić information content (AvgIpc) is 3.33. The van der Waals surface area contributed by atoms with Gasteiger partial charge in [0.05, 0.1) is 24.7 Å². The average molecular weight is 433 g/mol. The summed E-state index contributed by atoms with van der Waals surface area (Å²) in [7, 11) is 3.14. The maximum Gasteiger partial charge on any atom is 0.269 e. The number of aromatic nitrogens is 2. The van der Waals surface area contributed by atoms with Crippen molar-refractivity contribution in [2.75, 3.05) is 14.2 Å². The number of nitrogens with zero attached hydrogens (tertiary/aromatic N) is 3. The first-order valence-corrected chi connectivity index (χ1v) is 9.60. The van der Waals surface area contributed by atoms with Crippen molar-refractivity contribution in [3.05, 3.63) is 82.4 Å². The van der Waals surface area contributed by atoms with E-state index in [2.05, 4.69) is 10.1 Å². The zero-order valence-corrected chi connectivity index (χ0v) is 17.3. The number of benzene rings is 3. The molecule has 32 heavy (non-hydrogen) atoms. The van der Waals surface area contributed by atoms with Gasteiger partial charge in [-0.05, 0) is 42.0 Å². The van der Waals surface area contributed by atoms with Gasteiger partial charge in [0.1, 0.15) is 23.9 Å². The monoisotopic (exact) mass is 433 g/mol. The highest BCUT2D eigenvalue weighted by molar-refractivity contribution is 5.67. The molecule has 0 unspecified atom stereocenters. The summed E-state index contributed by atoms with van der Waals surface area (Å²) in [5, 5.41) is 14.8. The molecular formula is C23H19N3O6. The van der Waals surface area contributed by atoms with Crippen LogP contribution >= 0.6 is 0 Å². The number of rotatable bonds is 8. The van der Waals surface area contributed by atoms with E-state index in [9.17, 15) is 10.1 Å². The number of methoxy groups -OCH3 is 2. The Morgan fingerprint density at radius 1 is 0.969 bits per heavy atom. The van der Waals surface area contributed by atoms with Crippen molar-refractivity contribution in [2.45, 2.75) is 6.61 Å². The zero-order valence-electron chi connectivity index (χ0n) is 17.3. The fourth-order valence-corrected chi connectivity index (χ4v) is 3.03. The second-order valence-electron chi connectivity index (χ2n) is 6.73. The Balaban J connectivity index is 1.50. The second kappa shape index (κ2) is 9.17. The normalized spacial score (nSPS) is 10.6. The molecule has 0 radical (unpaired) electrons. The SMILES string of the molecule is COc1ccc(-c2nc(-c3cccc(OCc4ccc([N+](=O)[O-])cc4)c3)no2)c(OC)c1. The zero-order chi connectivity index (χ0) is 22.5. The van der Waals surface area contributed by atoms with Gasteiger partial charge in [-0.2, -0.15) is 4.98 Å². The number of non-ortho nitro benzene ring substituents is 1. The molecule has 3 aromatic carbocycles. The van der Waals surface area contributed by atoms with E-state index in [0.717, 1.165) is 5.56 Å². The predicted molar refractivity (Wildman–Crippen MR) is 116 cm³/mol. The third-order valence-corrected chi connectivity index (χ3v) is 4.71. The maximum atomic E-state index is 10.8. The molecule has 0 fully saturated rings. The number of hydrogen-bond donors (Lipinski definition) is 0. The van der Waals surface area contributed by atoms with Crippen LogP contribution in [0, 0.1) is 10.1 Å². The van der Waals surface area contributed by atoms with Gasteiger partial charge < -0.3 is 18.7 Å². The van der Waals surface area contributed by atoms with E-state index >= 15 is 0 Å². The lowest BCUT2D eigenvalue weighted by Gasteiger charge is -2.07. The van der Waals surface area contributed by atoms with Crippen molar-refractivity contribution < 1.29 is 23.7 Å². The summed E-state index contributed by atoms with van der Waals surface area (Å²) in [6.07, 6.45) is 0. The lowest BCUT2D eigenvalue weighted by molar-refractivity contribution is -0.384. The van der Waals surface area contributed by atoms with E-state index < -0.39 is 4.92 Å². The second-order valence-corrected chi connectivity index (χ2v) is 6.73. The molecular weight excluding hydrogens is 414 g/mol. The number of hydrogen-bond acceptors (Lipinski definition) is 8. The summed E-state index contributed by atoms with van der Waals surface area (Å²) in [5.74, 6) is 2.53. The van der Waals surface area contributed by atoms with E-state index in [0.29, 0.717) is 40.1 Å². The molecule has 9 nitrogen and oxygen atoms in total. The molecule has 0 N–H and O–H groups in total. The summed E-state index contributed by atoms with van der Waals surface area (Å²) < 4.78 is 21.9. The van der Waals surface area contributed by atoms with Crippen molar-refractivity contribution in [3.8, 4) is 40.1 Å². The Hall–Kier alpha value is -4.40. The first-order valence-electron chi connectivity index (χ1n) is 9.60. The molecule has 1 heterocycles. The van der Waals surface area contributed by atoms with Crippen molar-refractivity contribution in [1.29, 1.82) is 0 Å². The molecule has 0 aliphatic carbocycles. The van der Waals surface area contributed by atoms with Crippen LogP contribution in [0.1, 0.15) is 5.56 Å². The third-order valence-electron chi connectivity index (χ3n) is 4.71. The number of ether oxygens (including phenoxy) is 3. The standard InChI is InChI=1S/C23H19N3O6/c1-29-18-10-11-20(21(13-18)30-2)23-24-22(25-32-23)16-4-3-5-19(12-16)31-14-15-6-8-17(9-7-15)26(27)28/h3-13H,14H2,1-2H3. The quantitative estimate of drug-likeness (QED) is 0.285. The molecule has 0 saturated carbocycles. The minimum absolute atomic E-state index is 0.0390. The van der Waals surface area contributed by atoms with Gasteiger partial charge in [0, 0.05) is 23.8 Å². The van der Waals surface area contributed by atoms with E-state index in [1.165, 1.54) is 12.1 Å². The summed E-state index contributed by atoms with van der Waals surface area (Å²) in [5.41, 5.74) is 2.22. The first-order chi connectivity index (χ1) is 15.6. The van der Waals surface area contributed by atoms with Gasteiger partial charge in [-0.15, -0.1) is 0 Å². The first kappa shape index (κ1) is 20.9. The summed E-state index contributed by atoms with van der Waals surface area (Å²) in [4.78, 5) is 14.8. The molecule has 0 spiro atoms. The molecule has 162 valence electrons. The van der Waals surface area contributed by atoms with Crippen LogP contribution in [0.15, 0.2) is 71.3 Å². The van der Waals surface area contributed by atoms with E-state index in [4.69, 9.17) is 18.7 Å². The fraction of sp³-hybridized carbons (Fsp3) is 0.130. The van der Waals surface area contributed by atoms with Gasteiger partial charge in [-0.1, -0.05) is 17.3 Å². The minimum atomic E-state index is -0.436. The molecule has 4 rings (SSSR count). The molecule has 0 saturated heterocycles. The van der Waals surface area contributed by atoms with Crippen molar-refractivity contribution in [1.82, 2.24) is 10.1 Å². The minimum Gasteiger partial charge on any atom is -0.497 e. The maximum absolute atomic E-state index is 10.8. The molecule has 0 atom stereocenters. The Morgan fingerprint density at radius 2 is 1.78 bits per heavy atom. The Kier molecular flexibility index (Phi) is 5.98. The number of nitro benzene ring substituents is 1. The van der Waals surface area contributed by atoms with Crippen LogP contribution in [0.4, 0.5) is 5.69 Å². The molecule has 0 amide bonds. The Labute approximate surface area is 183 Å². The van der Waals surface area contributed by atoms with E-state index in [-0.39, 0.29) is 12.3 Å². The topological polar surface area (TPSA) is 110 Å². The third kappa shape index (κ3) is 4.51. The molecule has 4 aromatic rings. The molecule has 9 heteroatoms. The number of nitro groups is 1. The van der Waals surface area contributed by atoms with Gasteiger partial charge in [0.15, 0.2) is 0 Å². The van der Waals surface area contributed by atoms with Crippen LogP contribution in [0.3, 0.4) is 0 Å². The van der Waals surface area contributed by atoms with Crippen LogP contribution in [-0.4, -0.2) is 29.3 Å². The fourth-order valence-electron chi connectivity index (χ4n) is 3.03. The van der Waals surface area contributed by atoms with Gasteiger partial charge in [0.2, 0.25) is 5.82 Å². The van der Waals surface area contributed by atoms with Gasteiger partial charge in [-0.25, -0.2) is 0 Å². The highest BCUT2D eigenvalue weighted by Gasteiger charge is 2.16. The van der Waals surface area contributed by atoms with E-state index in [1.807, 2.05) is 18.2 Å². The Morgan fingerprint density at radius 3 is 2.50 bits per heavy atom. The van der Waals surface area contributed by atoms with Crippen molar-refractivity contribution >= 4 is 5.69 Å². The predicted octanol–water partition coefficient (Wildman–Crippen LogP) is 4.91.